The molecular formula is C26H24N4O3S. The molecule has 0 atom stereocenters. The van der Waals surface area contributed by atoms with Gasteiger partial charge in [-0.15, -0.1) is 0 Å². The normalized spacial score (nSPS) is 10.8. The van der Waals surface area contributed by atoms with E-state index in [2.05, 4.69) is 15.6 Å². The van der Waals surface area contributed by atoms with E-state index in [9.17, 15) is 14.4 Å². The summed E-state index contributed by atoms with van der Waals surface area (Å²) in [6, 6.07) is 15.8. The van der Waals surface area contributed by atoms with Gasteiger partial charge in [0.15, 0.2) is 4.77 Å². The van der Waals surface area contributed by atoms with Crippen LogP contribution in [0.3, 0.4) is 0 Å². The van der Waals surface area contributed by atoms with Crippen LogP contribution in [-0.2, 0) is 4.79 Å². The maximum Gasteiger partial charge on any atom is 0.266 e. The van der Waals surface area contributed by atoms with Crippen molar-refractivity contribution in [2.75, 3.05) is 10.6 Å². The van der Waals surface area contributed by atoms with Gasteiger partial charge in [-0.3, -0.25) is 19.0 Å². The van der Waals surface area contributed by atoms with Gasteiger partial charge in [0.05, 0.1) is 16.6 Å². The van der Waals surface area contributed by atoms with Crippen molar-refractivity contribution in [2.45, 2.75) is 27.7 Å². The predicted molar refractivity (Wildman–Crippen MR) is 138 cm³/mol. The Morgan fingerprint density at radius 3 is 2.44 bits per heavy atom. The molecule has 0 aliphatic rings. The minimum atomic E-state index is -0.349. The minimum absolute atomic E-state index is 0.192. The number of hydrogen-bond acceptors (Lipinski definition) is 4. The lowest BCUT2D eigenvalue weighted by atomic mass is 10.1. The molecule has 8 heteroatoms. The molecule has 0 aliphatic carbocycles. The van der Waals surface area contributed by atoms with E-state index in [1.165, 1.54) is 11.5 Å². The van der Waals surface area contributed by atoms with Gasteiger partial charge in [0.1, 0.15) is 0 Å². The van der Waals surface area contributed by atoms with E-state index in [1.807, 2.05) is 45.0 Å². The highest BCUT2D eigenvalue weighted by Crippen LogP contribution is 2.22. The number of amides is 2. The van der Waals surface area contributed by atoms with Crippen LogP contribution in [0.4, 0.5) is 11.4 Å². The summed E-state index contributed by atoms with van der Waals surface area (Å²) >= 11 is 5.50. The Bertz CT molecular complexity index is 1580. The Morgan fingerprint density at radius 2 is 1.71 bits per heavy atom. The van der Waals surface area contributed by atoms with Crippen molar-refractivity contribution in [1.82, 2.24) is 9.55 Å². The largest absolute Gasteiger partial charge is 0.331 e. The number of hydrogen-bond donors (Lipinski definition) is 3. The molecule has 3 N–H and O–H groups in total. The number of nitrogens with one attached hydrogen (secondary N) is 3. The number of carbonyl (C=O) groups excluding carboxylic acids is 2. The number of aromatic nitrogens is 2. The SMILES string of the molecule is CC(=O)Nc1cc(NC(=O)c2ccc3c(=O)n(-c4cccc(C)c4C)c(=S)[nH]c3c2)ccc1C. The number of carbonyl (C=O) groups is 2. The number of anilines is 2. The number of H-pyrrole nitrogens is 1. The highest BCUT2D eigenvalue weighted by molar-refractivity contribution is 7.71. The molecule has 0 radical (unpaired) electrons. The first-order valence-corrected chi connectivity index (χ1v) is 11.1. The number of nitrogens with zero attached hydrogens (tertiary/aromatic N) is 1. The lowest BCUT2D eigenvalue weighted by Gasteiger charge is -2.13. The number of benzene rings is 3. The molecule has 4 rings (SSSR count). The minimum Gasteiger partial charge on any atom is -0.331 e. The molecule has 0 bridgehead atoms. The highest BCUT2D eigenvalue weighted by atomic mass is 32.1. The highest BCUT2D eigenvalue weighted by Gasteiger charge is 2.14. The van der Waals surface area contributed by atoms with E-state index in [-0.39, 0.29) is 22.1 Å². The van der Waals surface area contributed by atoms with Crippen LogP contribution < -0.4 is 16.2 Å². The molecule has 3 aromatic carbocycles. The van der Waals surface area contributed by atoms with Gasteiger partial charge in [0.25, 0.3) is 11.5 Å². The maximum atomic E-state index is 13.3. The van der Waals surface area contributed by atoms with Crippen LogP contribution in [0.1, 0.15) is 34.0 Å². The summed E-state index contributed by atoms with van der Waals surface area (Å²) in [5.41, 5.74) is 5.39. The molecule has 7 nitrogen and oxygen atoms in total. The van der Waals surface area contributed by atoms with Crippen LogP contribution in [0, 0.1) is 25.5 Å². The Labute approximate surface area is 201 Å². The first-order chi connectivity index (χ1) is 16.2. The summed E-state index contributed by atoms with van der Waals surface area (Å²) in [7, 11) is 0. The second kappa shape index (κ2) is 9.07. The first kappa shape index (κ1) is 23.1. The lowest BCUT2D eigenvalue weighted by molar-refractivity contribution is -0.114. The molecule has 0 unspecified atom stereocenters. The molecule has 172 valence electrons. The van der Waals surface area contributed by atoms with Crippen molar-refractivity contribution in [2.24, 2.45) is 0 Å². The summed E-state index contributed by atoms with van der Waals surface area (Å²) in [5, 5.41) is 6.00. The Morgan fingerprint density at radius 1 is 0.941 bits per heavy atom. The third-order valence-corrected chi connectivity index (χ3v) is 6.07. The van der Waals surface area contributed by atoms with Crippen molar-refractivity contribution in [3.05, 3.63) is 92.0 Å². The molecule has 0 fully saturated rings. The van der Waals surface area contributed by atoms with E-state index in [1.54, 1.807) is 30.3 Å². The third kappa shape index (κ3) is 4.40. The van der Waals surface area contributed by atoms with Crippen molar-refractivity contribution in [1.29, 1.82) is 0 Å². The van der Waals surface area contributed by atoms with E-state index in [4.69, 9.17) is 12.2 Å². The topological polar surface area (TPSA) is 96.0 Å². The van der Waals surface area contributed by atoms with E-state index in [0.29, 0.717) is 27.8 Å². The summed E-state index contributed by atoms with van der Waals surface area (Å²) in [6.45, 7) is 7.23. The summed E-state index contributed by atoms with van der Waals surface area (Å²) in [4.78, 5) is 40.7. The average molecular weight is 473 g/mol. The second-order valence-corrected chi connectivity index (χ2v) is 8.60. The summed E-state index contributed by atoms with van der Waals surface area (Å²) in [5.74, 6) is -0.541. The molecule has 34 heavy (non-hydrogen) atoms. The van der Waals surface area contributed by atoms with Crippen LogP contribution in [0.5, 0.6) is 0 Å². The van der Waals surface area contributed by atoms with Crippen molar-refractivity contribution < 1.29 is 9.59 Å². The zero-order valence-electron chi connectivity index (χ0n) is 19.3. The average Bonchev–Trinajstić information content (AvgIpc) is 2.78. The number of fused-ring (bicyclic) bond motifs is 1. The van der Waals surface area contributed by atoms with E-state index >= 15 is 0 Å². The monoisotopic (exact) mass is 472 g/mol. The van der Waals surface area contributed by atoms with Gasteiger partial charge in [0.2, 0.25) is 5.91 Å². The Hall–Kier alpha value is -4.04. The molecule has 0 spiro atoms. The molecule has 4 aromatic rings. The first-order valence-electron chi connectivity index (χ1n) is 10.7. The zero-order chi connectivity index (χ0) is 24.6. The van der Waals surface area contributed by atoms with Gasteiger partial charge in [-0.2, -0.15) is 0 Å². The smallest absolute Gasteiger partial charge is 0.266 e. The van der Waals surface area contributed by atoms with Crippen molar-refractivity contribution in [3.8, 4) is 5.69 Å². The number of aromatic amines is 1. The van der Waals surface area contributed by atoms with Gasteiger partial charge in [-0.25, -0.2) is 0 Å². The van der Waals surface area contributed by atoms with Gasteiger partial charge >= 0.3 is 0 Å². The Kier molecular flexibility index (Phi) is 6.17. The quantitative estimate of drug-likeness (QED) is 0.357. The van der Waals surface area contributed by atoms with Crippen molar-refractivity contribution in [3.63, 3.8) is 0 Å². The maximum absolute atomic E-state index is 13.3. The molecule has 0 saturated carbocycles. The van der Waals surface area contributed by atoms with Crippen LogP contribution in [0.2, 0.25) is 0 Å². The number of aryl methyl sites for hydroxylation is 2. The molecule has 1 heterocycles. The fraction of sp³-hybridized carbons (Fsp3) is 0.154. The van der Waals surface area contributed by atoms with Crippen LogP contribution in [-0.4, -0.2) is 21.4 Å². The van der Waals surface area contributed by atoms with Gasteiger partial charge in [0, 0.05) is 23.9 Å². The zero-order valence-corrected chi connectivity index (χ0v) is 20.1. The standard InChI is InChI=1S/C26H24N4O3S/c1-14-6-5-7-23(16(14)3)30-25(33)20-11-9-18(12-22(20)29-26(30)34)24(32)28-19-10-8-15(2)21(13-19)27-17(4)31/h5-13H,1-4H3,(H,27,31)(H,28,32)(H,29,34). The molecule has 0 saturated heterocycles. The van der Waals surface area contributed by atoms with Gasteiger partial charge in [-0.1, -0.05) is 18.2 Å². The molecule has 1 aromatic heterocycles. The lowest BCUT2D eigenvalue weighted by Crippen LogP contribution is -2.22. The van der Waals surface area contributed by atoms with Crippen molar-refractivity contribution >= 4 is 46.3 Å². The third-order valence-electron chi connectivity index (χ3n) is 5.78. The molecule has 2 amide bonds. The molecular weight excluding hydrogens is 448 g/mol. The van der Waals surface area contributed by atoms with Gasteiger partial charge < -0.3 is 15.6 Å². The molecule has 0 aliphatic heterocycles. The summed E-state index contributed by atoms with van der Waals surface area (Å²) < 4.78 is 1.73. The van der Waals surface area contributed by atoms with Crippen LogP contribution >= 0.6 is 12.2 Å². The fourth-order valence-corrected chi connectivity index (χ4v) is 4.07. The van der Waals surface area contributed by atoms with Crippen LogP contribution in [0.15, 0.2) is 59.4 Å². The van der Waals surface area contributed by atoms with Crippen LogP contribution in [0.25, 0.3) is 16.6 Å². The Balaban J connectivity index is 1.70. The fourth-order valence-electron chi connectivity index (χ4n) is 3.78. The van der Waals surface area contributed by atoms with E-state index < -0.39 is 0 Å². The second-order valence-electron chi connectivity index (χ2n) is 8.22. The summed E-state index contributed by atoms with van der Waals surface area (Å²) in [6.07, 6.45) is 0. The van der Waals surface area contributed by atoms with E-state index in [0.717, 1.165) is 22.4 Å². The number of rotatable bonds is 4. The predicted octanol–water partition coefficient (Wildman–Crippen LogP) is 5.18. The van der Waals surface area contributed by atoms with Gasteiger partial charge in [-0.05, 0) is 86.1 Å².